The maximum absolute atomic E-state index is 11.5. The second-order valence-corrected chi connectivity index (χ2v) is 4.11. The van der Waals surface area contributed by atoms with Crippen LogP contribution in [0.15, 0.2) is 0 Å². The van der Waals surface area contributed by atoms with Gasteiger partial charge in [-0.25, -0.2) is 9.59 Å². The molecule has 0 radical (unpaired) electrons. The van der Waals surface area contributed by atoms with Crippen LogP contribution in [0.1, 0.15) is 13.8 Å². The molecule has 1 aliphatic heterocycles. The molecule has 1 atom stereocenters. The first-order valence-electron chi connectivity index (χ1n) is 5.26. The quantitative estimate of drug-likeness (QED) is 0.768. The van der Waals surface area contributed by atoms with E-state index >= 15 is 0 Å². The number of hydrogen-bond donors (Lipinski definition) is 1. The molecular weight excluding hydrogens is 214 g/mol. The Hall–Kier alpha value is -1.30. The lowest BCUT2D eigenvalue weighted by Gasteiger charge is -2.30. The van der Waals surface area contributed by atoms with Crippen molar-refractivity contribution in [2.24, 2.45) is 5.92 Å². The SMILES string of the molecule is CC(C)COC(=O)N1CCOC(C(=O)O)C1. The highest BCUT2D eigenvalue weighted by atomic mass is 16.6. The van der Waals surface area contributed by atoms with Crippen LogP contribution in [0.3, 0.4) is 0 Å². The minimum atomic E-state index is -1.05. The average molecular weight is 231 g/mol. The summed E-state index contributed by atoms with van der Waals surface area (Å²) >= 11 is 0. The van der Waals surface area contributed by atoms with Crippen molar-refractivity contribution in [1.82, 2.24) is 4.90 Å². The normalized spacial score (nSPS) is 20.9. The van der Waals surface area contributed by atoms with Crippen LogP contribution >= 0.6 is 0 Å². The van der Waals surface area contributed by atoms with Gasteiger partial charge in [-0.3, -0.25) is 0 Å². The molecule has 1 unspecified atom stereocenters. The highest BCUT2D eigenvalue weighted by molar-refractivity contribution is 5.74. The molecule has 6 heteroatoms. The van der Waals surface area contributed by atoms with Gasteiger partial charge >= 0.3 is 12.1 Å². The molecule has 1 fully saturated rings. The first kappa shape index (κ1) is 12.8. The molecule has 0 saturated carbocycles. The van der Waals surface area contributed by atoms with Gasteiger partial charge in [-0.2, -0.15) is 0 Å². The lowest BCUT2D eigenvalue weighted by Crippen LogP contribution is -2.48. The third-order valence-electron chi connectivity index (χ3n) is 2.14. The van der Waals surface area contributed by atoms with Crippen LogP contribution in [0, 0.1) is 5.92 Å². The molecule has 16 heavy (non-hydrogen) atoms. The summed E-state index contributed by atoms with van der Waals surface area (Å²) in [6.45, 7) is 4.87. The minimum Gasteiger partial charge on any atom is -0.479 e. The molecule has 0 bridgehead atoms. The molecule has 92 valence electrons. The molecule has 1 N–H and O–H groups in total. The molecule has 0 aromatic rings. The van der Waals surface area contributed by atoms with Crippen LogP contribution in [0.5, 0.6) is 0 Å². The molecule has 6 nitrogen and oxygen atoms in total. The molecule has 0 aromatic heterocycles. The van der Waals surface area contributed by atoms with E-state index in [0.717, 1.165) is 0 Å². The van der Waals surface area contributed by atoms with Crippen LogP contribution < -0.4 is 0 Å². The zero-order valence-electron chi connectivity index (χ0n) is 9.51. The van der Waals surface area contributed by atoms with Crippen molar-refractivity contribution in [3.63, 3.8) is 0 Å². The van der Waals surface area contributed by atoms with E-state index in [-0.39, 0.29) is 19.1 Å². The Bertz CT molecular complexity index is 266. The number of hydrogen-bond acceptors (Lipinski definition) is 4. The lowest BCUT2D eigenvalue weighted by molar-refractivity contribution is -0.155. The van der Waals surface area contributed by atoms with Crippen LogP contribution in [0.2, 0.25) is 0 Å². The standard InChI is InChI=1S/C10H17NO5/c1-7(2)6-16-10(14)11-3-4-15-8(5-11)9(12)13/h7-8H,3-6H2,1-2H3,(H,12,13). The van der Waals surface area contributed by atoms with Gasteiger partial charge in [-0.05, 0) is 5.92 Å². The van der Waals surface area contributed by atoms with Gasteiger partial charge < -0.3 is 19.5 Å². The zero-order valence-corrected chi connectivity index (χ0v) is 9.51. The Morgan fingerprint density at radius 3 is 2.81 bits per heavy atom. The van der Waals surface area contributed by atoms with Gasteiger partial charge in [-0.1, -0.05) is 13.8 Å². The van der Waals surface area contributed by atoms with Gasteiger partial charge in [0, 0.05) is 6.54 Å². The molecule has 1 rings (SSSR count). The monoisotopic (exact) mass is 231 g/mol. The maximum atomic E-state index is 11.5. The third-order valence-corrected chi connectivity index (χ3v) is 2.14. The maximum Gasteiger partial charge on any atom is 0.409 e. The fourth-order valence-electron chi connectivity index (χ4n) is 1.29. The fraction of sp³-hybridized carbons (Fsp3) is 0.800. The van der Waals surface area contributed by atoms with Crippen molar-refractivity contribution in [3.05, 3.63) is 0 Å². The summed E-state index contributed by atoms with van der Waals surface area (Å²) in [6, 6.07) is 0. The van der Waals surface area contributed by atoms with Crippen molar-refractivity contribution >= 4 is 12.1 Å². The van der Waals surface area contributed by atoms with Crippen molar-refractivity contribution in [3.8, 4) is 0 Å². The van der Waals surface area contributed by atoms with Crippen molar-refractivity contribution in [2.75, 3.05) is 26.3 Å². The average Bonchev–Trinajstić information content (AvgIpc) is 2.26. The molecule has 0 spiro atoms. The third kappa shape index (κ3) is 3.69. The predicted octanol–water partition coefficient (Wildman–Crippen LogP) is 0.564. The number of aliphatic carboxylic acids is 1. The Balaban J connectivity index is 2.41. The first-order valence-corrected chi connectivity index (χ1v) is 5.26. The fourth-order valence-corrected chi connectivity index (χ4v) is 1.29. The lowest BCUT2D eigenvalue weighted by atomic mass is 10.2. The minimum absolute atomic E-state index is 0.0479. The summed E-state index contributed by atoms with van der Waals surface area (Å²) in [5.41, 5.74) is 0. The summed E-state index contributed by atoms with van der Waals surface area (Å²) in [4.78, 5) is 23.6. The highest BCUT2D eigenvalue weighted by Gasteiger charge is 2.29. The number of carbonyl (C=O) groups excluding carboxylic acids is 1. The first-order chi connectivity index (χ1) is 7.50. The number of carboxylic acid groups (broad SMARTS) is 1. The summed E-state index contributed by atoms with van der Waals surface area (Å²) in [5.74, 6) is -0.790. The number of ether oxygens (including phenoxy) is 2. The second kappa shape index (κ2) is 5.69. The van der Waals surface area contributed by atoms with E-state index in [2.05, 4.69) is 0 Å². The van der Waals surface area contributed by atoms with Gasteiger partial charge in [0.15, 0.2) is 6.10 Å². The Morgan fingerprint density at radius 2 is 2.25 bits per heavy atom. The van der Waals surface area contributed by atoms with Gasteiger partial charge in [-0.15, -0.1) is 0 Å². The number of nitrogens with zero attached hydrogens (tertiary/aromatic N) is 1. The zero-order chi connectivity index (χ0) is 12.1. The number of carboxylic acids is 1. The van der Waals surface area contributed by atoms with E-state index in [1.807, 2.05) is 13.8 Å². The Kier molecular flexibility index (Phi) is 4.54. The number of rotatable bonds is 3. The molecule has 1 heterocycles. The van der Waals surface area contributed by atoms with Gasteiger partial charge in [0.05, 0.1) is 19.8 Å². The van der Waals surface area contributed by atoms with Crippen molar-refractivity contribution in [2.45, 2.75) is 20.0 Å². The van der Waals surface area contributed by atoms with Crippen LogP contribution in [0.4, 0.5) is 4.79 Å². The van der Waals surface area contributed by atoms with Crippen LogP contribution in [-0.4, -0.2) is 54.5 Å². The summed E-state index contributed by atoms with van der Waals surface area (Å²) in [7, 11) is 0. The second-order valence-electron chi connectivity index (χ2n) is 4.11. The van der Waals surface area contributed by atoms with E-state index in [1.165, 1.54) is 4.90 Å². The van der Waals surface area contributed by atoms with E-state index in [1.54, 1.807) is 0 Å². The van der Waals surface area contributed by atoms with Gasteiger partial charge in [0.25, 0.3) is 0 Å². The summed E-state index contributed by atoms with van der Waals surface area (Å²) < 4.78 is 10.0. The molecule has 0 aromatic carbocycles. The topological polar surface area (TPSA) is 76.1 Å². The number of amides is 1. The summed E-state index contributed by atoms with van der Waals surface area (Å²) in [5, 5.41) is 8.75. The highest BCUT2D eigenvalue weighted by Crippen LogP contribution is 2.07. The Morgan fingerprint density at radius 1 is 1.56 bits per heavy atom. The predicted molar refractivity (Wildman–Crippen MR) is 55.1 cm³/mol. The van der Waals surface area contributed by atoms with E-state index < -0.39 is 18.2 Å². The van der Waals surface area contributed by atoms with E-state index in [0.29, 0.717) is 13.2 Å². The smallest absolute Gasteiger partial charge is 0.409 e. The van der Waals surface area contributed by atoms with Crippen LogP contribution in [-0.2, 0) is 14.3 Å². The Labute approximate surface area is 94.1 Å². The van der Waals surface area contributed by atoms with Gasteiger partial charge in [0.2, 0.25) is 0 Å². The van der Waals surface area contributed by atoms with E-state index in [4.69, 9.17) is 14.6 Å². The van der Waals surface area contributed by atoms with Crippen molar-refractivity contribution < 1.29 is 24.2 Å². The largest absolute Gasteiger partial charge is 0.479 e. The van der Waals surface area contributed by atoms with Crippen LogP contribution in [0.25, 0.3) is 0 Å². The van der Waals surface area contributed by atoms with Crippen molar-refractivity contribution in [1.29, 1.82) is 0 Å². The molecular formula is C10H17NO5. The molecule has 1 saturated heterocycles. The summed E-state index contributed by atoms with van der Waals surface area (Å²) in [6.07, 6.45) is -1.41. The van der Waals surface area contributed by atoms with E-state index in [9.17, 15) is 9.59 Å². The number of morpholine rings is 1. The molecule has 0 aliphatic carbocycles. The molecule has 1 amide bonds. The number of carbonyl (C=O) groups is 2. The van der Waals surface area contributed by atoms with Gasteiger partial charge in [0.1, 0.15) is 0 Å². The molecule has 1 aliphatic rings.